The quantitative estimate of drug-likeness (QED) is 0.338. The number of pyridine rings is 1. The third-order valence-electron chi connectivity index (χ3n) is 5.00. The Balaban J connectivity index is 1.74. The fraction of sp³-hybridized carbons (Fsp3) is 0.250. The number of carboxylic acids is 1. The molecule has 0 amide bonds. The summed E-state index contributed by atoms with van der Waals surface area (Å²) in [5, 5.41) is 11.9. The molecule has 0 aliphatic heterocycles. The number of benzene rings is 1. The summed E-state index contributed by atoms with van der Waals surface area (Å²) < 4.78 is 7.73. The molecule has 0 fully saturated rings. The molecule has 1 aromatic carbocycles. The molecule has 2 atom stereocenters. The van der Waals surface area contributed by atoms with Crippen molar-refractivity contribution in [3.05, 3.63) is 36.2 Å². The molecule has 3 heterocycles. The van der Waals surface area contributed by atoms with Crippen LogP contribution in [0.4, 0.5) is 5.82 Å². The summed E-state index contributed by atoms with van der Waals surface area (Å²) in [6.07, 6.45) is 1.18. The number of aryl methyl sites for hydroxylation is 1. The lowest BCUT2D eigenvalue weighted by Crippen LogP contribution is -2.39. The first-order chi connectivity index (χ1) is 14.8. The predicted octanol–water partition coefficient (Wildman–Crippen LogP) is 1.19. The molecule has 6 N–H and O–H groups in total. The van der Waals surface area contributed by atoms with E-state index in [9.17, 15) is 9.59 Å². The lowest BCUT2D eigenvalue weighted by Gasteiger charge is -2.15. The number of nitrogens with two attached hydrogens (primary N) is 2. The van der Waals surface area contributed by atoms with Gasteiger partial charge < -0.3 is 30.9 Å². The minimum Gasteiger partial charge on any atom is -0.481 e. The number of oxazole rings is 1. The van der Waals surface area contributed by atoms with E-state index in [2.05, 4.69) is 20.3 Å². The Kier molecular flexibility index (Phi) is 5.13. The molecule has 3 aromatic heterocycles. The van der Waals surface area contributed by atoms with Gasteiger partial charge in [0.15, 0.2) is 17.1 Å². The average molecular weight is 423 g/mol. The van der Waals surface area contributed by atoms with Crippen LogP contribution in [0.5, 0.6) is 0 Å². The number of anilines is 1. The highest BCUT2D eigenvalue weighted by Crippen LogP contribution is 2.32. The number of nitrogens with zero attached hydrogens (tertiary/aromatic N) is 4. The molecule has 160 valence electrons. The number of hydrogen-bond acceptors (Lipinski definition) is 9. The summed E-state index contributed by atoms with van der Waals surface area (Å²) in [6, 6.07) is 4.54. The number of rotatable bonds is 7. The SMILES string of the molecule is CNc1nc2oc(-c3cccc([C@@H](N)C(=O)C(N)CC(=O)O)c3)nc2c2c1ncn2C. The van der Waals surface area contributed by atoms with Gasteiger partial charge in [-0.25, -0.2) is 9.97 Å². The zero-order valence-electron chi connectivity index (χ0n) is 16.9. The van der Waals surface area contributed by atoms with Gasteiger partial charge in [-0.2, -0.15) is 4.98 Å². The van der Waals surface area contributed by atoms with E-state index in [1.165, 1.54) is 0 Å². The molecule has 0 radical (unpaired) electrons. The fourth-order valence-electron chi connectivity index (χ4n) is 3.43. The number of aliphatic carboxylic acids is 1. The van der Waals surface area contributed by atoms with Crippen LogP contribution in [0.1, 0.15) is 18.0 Å². The Labute approximate surface area is 176 Å². The minimum atomic E-state index is -1.19. The molecular weight excluding hydrogens is 402 g/mol. The number of carbonyl (C=O) groups excluding carboxylic acids is 1. The van der Waals surface area contributed by atoms with E-state index in [4.69, 9.17) is 21.0 Å². The van der Waals surface area contributed by atoms with Crippen molar-refractivity contribution in [2.45, 2.75) is 18.5 Å². The molecule has 11 nitrogen and oxygen atoms in total. The predicted molar refractivity (Wildman–Crippen MR) is 113 cm³/mol. The van der Waals surface area contributed by atoms with Gasteiger partial charge in [-0.3, -0.25) is 9.59 Å². The molecule has 31 heavy (non-hydrogen) atoms. The van der Waals surface area contributed by atoms with Crippen molar-refractivity contribution in [1.82, 2.24) is 19.5 Å². The van der Waals surface area contributed by atoms with Gasteiger partial charge >= 0.3 is 5.97 Å². The van der Waals surface area contributed by atoms with Crippen LogP contribution in [0.25, 0.3) is 33.7 Å². The van der Waals surface area contributed by atoms with Gasteiger partial charge in [0.2, 0.25) is 5.89 Å². The number of carbonyl (C=O) groups is 2. The summed E-state index contributed by atoms with van der Waals surface area (Å²) in [5.74, 6) is -0.855. The molecule has 0 aliphatic carbocycles. The Morgan fingerprint density at radius 1 is 1.26 bits per heavy atom. The lowest BCUT2D eigenvalue weighted by molar-refractivity contribution is -0.139. The molecule has 11 heteroatoms. The van der Waals surface area contributed by atoms with E-state index >= 15 is 0 Å². The maximum Gasteiger partial charge on any atom is 0.305 e. The number of imidazole rings is 1. The first-order valence-electron chi connectivity index (χ1n) is 9.46. The number of Topliss-reactive ketones (excluding diaryl/α,β-unsaturated/α-hetero) is 1. The second-order valence-corrected chi connectivity index (χ2v) is 7.15. The van der Waals surface area contributed by atoms with E-state index in [0.717, 1.165) is 5.52 Å². The second-order valence-electron chi connectivity index (χ2n) is 7.15. The van der Waals surface area contributed by atoms with E-state index in [-0.39, 0.29) is 0 Å². The zero-order chi connectivity index (χ0) is 22.3. The largest absolute Gasteiger partial charge is 0.481 e. The summed E-state index contributed by atoms with van der Waals surface area (Å²) in [6.45, 7) is 0. The normalized spacial score (nSPS) is 13.4. The van der Waals surface area contributed by atoms with Gasteiger partial charge in [-0.15, -0.1) is 0 Å². The first kappa shape index (κ1) is 20.4. The van der Waals surface area contributed by atoms with E-state index in [0.29, 0.717) is 39.6 Å². The van der Waals surface area contributed by atoms with E-state index in [1.807, 2.05) is 11.6 Å². The number of ketones is 1. The van der Waals surface area contributed by atoms with Gasteiger partial charge in [-0.05, 0) is 17.7 Å². The van der Waals surface area contributed by atoms with Gasteiger partial charge in [0, 0.05) is 19.7 Å². The smallest absolute Gasteiger partial charge is 0.305 e. The Hall–Kier alpha value is -3.83. The summed E-state index contributed by atoms with van der Waals surface area (Å²) in [4.78, 5) is 36.7. The minimum absolute atomic E-state index is 0.301. The van der Waals surface area contributed by atoms with Crippen molar-refractivity contribution in [2.24, 2.45) is 18.5 Å². The molecule has 1 unspecified atom stereocenters. The number of carboxylic acid groups (broad SMARTS) is 1. The van der Waals surface area contributed by atoms with Gasteiger partial charge in [0.1, 0.15) is 11.0 Å². The summed E-state index contributed by atoms with van der Waals surface area (Å²) in [5.41, 5.74) is 15.1. The highest BCUT2D eigenvalue weighted by atomic mass is 16.4. The van der Waals surface area contributed by atoms with Crippen LogP contribution < -0.4 is 16.8 Å². The number of aromatic nitrogens is 4. The summed E-state index contributed by atoms with van der Waals surface area (Å²) in [7, 11) is 3.60. The van der Waals surface area contributed by atoms with E-state index in [1.54, 1.807) is 37.6 Å². The molecule has 0 spiro atoms. The van der Waals surface area contributed by atoms with Crippen LogP contribution in [0.3, 0.4) is 0 Å². The van der Waals surface area contributed by atoms with Crippen LogP contribution in [-0.2, 0) is 16.6 Å². The highest BCUT2D eigenvalue weighted by Gasteiger charge is 2.25. The lowest BCUT2D eigenvalue weighted by atomic mass is 9.96. The van der Waals surface area contributed by atoms with Gasteiger partial charge in [0.05, 0.1) is 24.8 Å². The first-order valence-corrected chi connectivity index (χ1v) is 9.46. The molecule has 0 saturated carbocycles. The van der Waals surface area contributed by atoms with Crippen LogP contribution >= 0.6 is 0 Å². The molecule has 0 aliphatic rings. The molecule has 4 aromatic rings. The molecule has 0 saturated heterocycles. The van der Waals surface area contributed by atoms with Crippen LogP contribution in [0, 0.1) is 0 Å². The maximum atomic E-state index is 12.4. The van der Waals surface area contributed by atoms with Crippen molar-refractivity contribution in [3.8, 4) is 11.5 Å². The second kappa shape index (κ2) is 7.78. The van der Waals surface area contributed by atoms with Crippen LogP contribution in [-0.4, -0.2) is 49.5 Å². The third kappa shape index (κ3) is 3.60. The topological polar surface area (TPSA) is 175 Å². The van der Waals surface area contributed by atoms with Crippen molar-refractivity contribution >= 4 is 39.8 Å². The Morgan fingerprint density at radius 2 is 2.03 bits per heavy atom. The average Bonchev–Trinajstić information content (AvgIpc) is 3.35. The third-order valence-corrected chi connectivity index (χ3v) is 5.00. The maximum absolute atomic E-state index is 12.4. The summed E-state index contributed by atoms with van der Waals surface area (Å²) >= 11 is 0. The van der Waals surface area contributed by atoms with E-state index < -0.39 is 30.3 Å². The van der Waals surface area contributed by atoms with Gasteiger partial charge in [0.25, 0.3) is 5.71 Å². The monoisotopic (exact) mass is 423 g/mol. The van der Waals surface area contributed by atoms with Crippen molar-refractivity contribution in [2.75, 3.05) is 12.4 Å². The molecular formula is C20H21N7O4. The Morgan fingerprint density at radius 3 is 2.74 bits per heavy atom. The zero-order valence-corrected chi connectivity index (χ0v) is 16.9. The van der Waals surface area contributed by atoms with Crippen molar-refractivity contribution in [1.29, 1.82) is 0 Å². The Bertz CT molecular complexity index is 1310. The molecule has 0 bridgehead atoms. The standard InChI is InChI=1S/C20H21N7O4/c1-23-18-14-16(27(2)8-24-14)15-20(26-18)31-19(25-15)10-5-3-4-9(6-10)13(22)17(30)11(21)7-12(28)29/h3-6,8,11,13H,7,21-22H2,1-2H3,(H,23,26)(H,28,29)/t11?,13-/m1/s1. The number of fused-ring (bicyclic) bond motifs is 3. The van der Waals surface area contributed by atoms with Crippen LogP contribution in [0.15, 0.2) is 35.0 Å². The van der Waals surface area contributed by atoms with Crippen molar-refractivity contribution in [3.63, 3.8) is 0 Å². The number of hydrogen-bond donors (Lipinski definition) is 4. The fourth-order valence-corrected chi connectivity index (χ4v) is 3.43. The number of nitrogens with one attached hydrogen (secondary N) is 1. The van der Waals surface area contributed by atoms with Crippen molar-refractivity contribution < 1.29 is 19.1 Å². The van der Waals surface area contributed by atoms with Gasteiger partial charge in [-0.1, -0.05) is 12.1 Å². The van der Waals surface area contributed by atoms with Crippen LogP contribution in [0.2, 0.25) is 0 Å². The highest BCUT2D eigenvalue weighted by molar-refractivity contribution is 6.03. The molecule has 4 rings (SSSR count).